The van der Waals surface area contributed by atoms with Crippen LogP contribution in [-0.2, 0) is 9.59 Å². The molecule has 2 unspecified atom stereocenters. The predicted molar refractivity (Wildman–Crippen MR) is 205 cm³/mol. The number of carbonyl (C=O) groups excluding carboxylic acids is 4. The van der Waals surface area contributed by atoms with Crippen molar-refractivity contribution in [2.45, 2.75) is 50.5 Å². The van der Waals surface area contributed by atoms with Gasteiger partial charge in [0.2, 0.25) is 11.8 Å². The number of phenolic OH excluding ortho intramolecular Hbond substituents is 1. The van der Waals surface area contributed by atoms with Crippen LogP contribution in [0.4, 0.5) is 21.6 Å². The molecular formula is C41H46FN9O5. The van der Waals surface area contributed by atoms with E-state index in [1.807, 2.05) is 23.1 Å². The van der Waals surface area contributed by atoms with Gasteiger partial charge in [-0.05, 0) is 73.9 Å². The summed E-state index contributed by atoms with van der Waals surface area (Å²) in [5.41, 5.74) is 3.51. The molecule has 4 amide bonds. The molecule has 1 aliphatic carbocycles. The second-order valence-corrected chi connectivity index (χ2v) is 16.9. The third-order valence-electron chi connectivity index (χ3n) is 13.6. The normalized spacial score (nSPS) is 31.4. The van der Waals surface area contributed by atoms with Gasteiger partial charge in [-0.25, -0.2) is 4.39 Å². The minimum absolute atomic E-state index is 0.0614. The van der Waals surface area contributed by atoms with Crippen molar-refractivity contribution in [3.63, 3.8) is 0 Å². The van der Waals surface area contributed by atoms with Crippen LogP contribution in [0.25, 0.3) is 11.3 Å². The quantitative estimate of drug-likeness (QED) is 0.303. The van der Waals surface area contributed by atoms with E-state index in [-0.39, 0.29) is 42.2 Å². The fraction of sp³-hybridized carbons (Fsp3) is 0.512. The molecule has 15 heteroatoms. The molecule has 1 aromatic heterocycles. The van der Waals surface area contributed by atoms with Crippen molar-refractivity contribution >= 4 is 40.8 Å². The van der Waals surface area contributed by atoms with E-state index in [4.69, 9.17) is 0 Å². The van der Waals surface area contributed by atoms with Gasteiger partial charge in [-0.1, -0.05) is 12.1 Å². The van der Waals surface area contributed by atoms with Gasteiger partial charge in [0.25, 0.3) is 11.8 Å². The van der Waals surface area contributed by atoms with Gasteiger partial charge < -0.3 is 25.1 Å². The van der Waals surface area contributed by atoms with Gasteiger partial charge in [-0.3, -0.25) is 34.3 Å². The molecule has 0 radical (unpaired) electrons. The monoisotopic (exact) mass is 763 g/mol. The van der Waals surface area contributed by atoms with Crippen molar-refractivity contribution in [3.05, 3.63) is 59.7 Å². The van der Waals surface area contributed by atoms with Crippen LogP contribution in [0.5, 0.6) is 5.75 Å². The second-order valence-electron chi connectivity index (χ2n) is 16.9. The molecule has 2 aromatic carbocycles. The number of alkyl halides is 1. The standard InChI is InChI=1S/C41H46FN9O5/c1-22-15-50-25(14-43-38-35(50)13-33(45-46-38)27-4-2-3-5-36(27)52)17-49(22)20-31-29-18-47(19-30(29)31)16-23-10-11-48(21-32(23)42)24-6-7-26-28(12-24)41(56)51(40(26)55)34-8-9-37(53)44-39(34)54/h2-7,12-13,22-23,25,29-32,34,52H,8-11,14-21H2,1H3,(H,43,46)(H,44,53,54)/t22-,23+,25-,29-,30+,31?,32-,34?/m0/s1. The summed E-state index contributed by atoms with van der Waals surface area (Å²) >= 11 is 0. The van der Waals surface area contributed by atoms with Crippen LogP contribution >= 0.6 is 0 Å². The van der Waals surface area contributed by atoms with Crippen LogP contribution < -0.4 is 20.4 Å². The first-order chi connectivity index (χ1) is 27.1. The average Bonchev–Trinajstić information content (AvgIpc) is 3.50. The number of rotatable bonds is 7. The molecule has 1 saturated carbocycles. The maximum absolute atomic E-state index is 15.8. The lowest BCUT2D eigenvalue weighted by Crippen LogP contribution is -2.61. The van der Waals surface area contributed by atoms with Gasteiger partial charge >= 0.3 is 0 Å². The van der Waals surface area contributed by atoms with Gasteiger partial charge in [0.05, 0.1) is 28.6 Å². The number of hydrogen-bond acceptors (Lipinski definition) is 12. The number of para-hydroxylation sites is 1. The summed E-state index contributed by atoms with van der Waals surface area (Å²) in [4.78, 5) is 61.0. The average molecular weight is 764 g/mol. The predicted octanol–water partition coefficient (Wildman–Crippen LogP) is 2.60. The van der Waals surface area contributed by atoms with E-state index in [2.05, 4.69) is 42.5 Å². The number of piperazine rings is 1. The Morgan fingerprint density at radius 3 is 2.46 bits per heavy atom. The summed E-state index contributed by atoms with van der Waals surface area (Å²) in [6, 6.07) is 13.9. The van der Waals surface area contributed by atoms with Crippen molar-refractivity contribution in [1.29, 1.82) is 0 Å². The van der Waals surface area contributed by atoms with E-state index in [0.717, 1.165) is 62.2 Å². The van der Waals surface area contributed by atoms with Crippen molar-refractivity contribution < 1.29 is 28.7 Å². The molecule has 292 valence electrons. The number of aromatic hydroxyl groups is 1. The number of piperidine rings is 3. The summed E-state index contributed by atoms with van der Waals surface area (Å²) in [5, 5.41) is 25.0. The number of nitrogens with one attached hydrogen (secondary N) is 2. The smallest absolute Gasteiger partial charge is 0.262 e. The Hall–Kier alpha value is -5.15. The van der Waals surface area contributed by atoms with Crippen LogP contribution in [0.2, 0.25) is 0 Å². The third kappa shape index (κ3) is 5.97. The molecule has 3 aromatic rings. The van der Waals surface area contributed by atoms with E-state index in [1.54, 1.807) is 30.3 Å². The summed E-state index contributed by atoms with van der Waals surface area (Å²) < 4.78 is 15.8. The van der Waals surface area contributed by atoms with Gasteiger partial charge in [-0.15, -0.1) is 10.2 Å². The van der Waals surface area contributed by atoms with Gasteiger partial charge in [0.1, 0.15) is 18.0 Å². The molecule has 5 fully saturated rings. The topological polar surface area (TPSA) is 155 Å². The molecule has 8 atom stereocenters. The minimum Gasteiger partial charge on any atom is -0.507 e. The summed E-state index contributed by atoms with van der Waals surface area (Å²) in [6.07, 6.45) is -0.155. The van der Waals surface area contributed by atoms with Crippen LogP contribution in [0.3, 0.4) is 0 Å². The largest absolute Gasteiger partial charge is 0.507 e. The Kier molecular flexibility index (Phi) is 8.51. The molecule has 7 aliphatic rings. The zero-order chi connectivity index (χ0) is 38.4. The molecular weight excluding hydrogens is 718 g/mol. The molecule has 6 aliphatic heterocycles. The lowest BCUT2D eigenvalue weighted by molar-refractivity contribution is -0.136. The Balaban J connectivity index is 0.712. The van der Waals surface area contributed by atoms with Crippen molar-refractivity contribution in [1.82, 2.24) is 30.2 Å². The minimum atomic E-state index is -1.02. The van der Waals surface area contributed by atoms with Gasteiger partial charge in [-0.2, -0.15) is 0 Å². The van der Waals surface area contributed by atoms with E-state index < -0.39 is 35.8 Å². The van der Waals surface area contributed by atoms with Crippen LogP contribution in [0.1, 0.15) is 46.9 Å². The highest BCUT2D eigenvalue weighted by molar-refractivity contribution is 6.23. The Bertz CT molecular complexity index is 2120. The summed E-state index contributed by atoms with van der Waals surface area (Å²) in [7, 11) is 0. The maximum Gasteiger partial charge on any atom is 0.262 e. The number of fused-ring (bicyclic) bond motifs is 5. The van der Waals surface area contributed by atoms with Gasteiger partial charge in [0.15, 0.2) is 5.82 Å². The number of aromatic nitrogens is 2. The van der Waals surface area contributed by atoms with E-state index in [9.17, 15) is 24.3 Å². The zero-order valence-corrected chi connectivity index (χ0v) is 31.3. The highest BCUT2D eigenvalue weighted by Crippen LogP contribution is 2.53. The molecule has 3 N–H and O–H groups in total. The van der Waals surface area contributed by atoms with E-state index in [0.29, 0.717) is 59.7 Å². The Morgan fingerprint density at radius 1 is 0.875 bits per heavy atom. The van der Waals surface area contributed by atoms with Crippen molar-refractivity contribution in [2.24, 2.45) is 23.7 Å². The van der Waals surface area contributed by atoms with Crippen molar-refractivity contribution in [2.75, 3.05) is 74.0 Å². The van der Waals surface area contributed by atoms with Crippen molar-refractivity contribution in [3.8, 4) is 17.0 Å². The molecule has 0 bridgehead atoms. The zero-order valence-electron chi connectivity index (χ0n) is 31.3. The summed E-state index contributed by atoms with van der Waals surface area (Å²) in [6.45, 7) is 9.74. The molecule has 10 rings (SSSR count). The number of halogens is 1. The van der Waals surface area contributed by atoms with Crippen LogP contribution in [0, 0.1) is 23.7 Å². The van der Waals surface area contributed by atoms with Crippen LogP contribution in [0.15, 0.2) is 48.5 Å². The lowest BCUT2D eigenvalue weighted by Gasteiger charge is -2.49. The maximum atomic E-state index is 15.8. The number of amides is 4. The summed E-state index contributed by atoms with van der Waals surface area (Å²) in [5.74, 6) is 0.763. The number of phenols is 1. The molecule has 7 heterocycles. The Labute approximate surface area is 324 Å². The Morgan fingerprint density at radius 2 is 1.68 bits per heavy atom. The number of nitrogens with zero attached hydrogens (tertiary/aromatic N) is 7. The third-order valence-corrected chi connectivity index (χ3v) is 13.6. The highest BCUT2D eigenvalue weighted by Gasteiger charge is 2.56. The molecule has 14 nitrogen and oxygen atoms in total. The first-order valence-corrected chi connectivity index (χ1v) is 20.0. The number of imide groups is 2. The highest BCUT2D eigenvalue weighted by atomic mass is 19.1. The number of benzene rings is 2. The fourth-order valence-electron chi connectivity index (χ4n) is 10.4. The van der Waals surface area contributed by atoms with Gasteiger partial charge in [0, 0.05) is 88.5 Å². The SMILES string of the molecule is C[C@H]1CN2c3cc(-c4ccccc4O)nnc3NC[C@H]2CN1CC1[C@H]2CN(C[C@H]3CCN(c4ccc5c(c4)C(=O)N(C4CCC(=O)NC4=O)C5=O)C[C@@H]3F)C[C@@H]12. The number of carbonyl (C=O) groups is 4. The second kappa shape index (κ2) is 13.5. The number of anilines is 3. The van der Waals surface area contributed by atoms with E-state index in [1.165, 1.54) is 0 Å². The molecule has 4 saturated heterocycles. The van der Waals surface area contributed by atoms with Crippen LogP contribution in [-0.4, -0.2) is 137 Å². The van der Waals surface area contributed by atoms with E-state index >= 15 is 4.39 Å². The number of likely N-dealkylation sites (tertiary alicyclic amines) is 1. The lowest BCUT2D eigenvalue weighted by atomic mass is 9.93. The fourth-order valence-corrected chi connectivity index (χ4v) is 10.4. The molecule has 0 spiro atoms. The first-order valence-electron chi connectivity index (χ1n) is 20.0. The molecule has 56 heavy (non-hydrogen) atoms. The number of hydrogen-bond donors (Lipinski definition) is 3. The first kappa shape index (κ1) is 35.3.